The number of piperidine rings is 1. The van der Waals surface area contributed by atoms with Gasteiger partial charge in [0.1, 0.15) is 5.75 Å². The van der Waals surface area contributed by atoms with Crippen LogP contribution >= 0.6 is 0 Å². The van der Waals surface area contributed by atoms with E-state index in [1.807, 2.05) is 23.1 Å². The molecule has 2 amide bonds. The van der Waals surface area contributed by atoms with Gasteiger partial charge in [0.25, 0.3) is 0 Å². The number of carbonyl (C=O) groups is 1. The Labute approximate surface area is 132 Å². The number of nitrogens with one attached hydrogen (secondary N) is 1. The van der Waals surface area contributed by atoms with Crippen LogP contribution in [0.3, 0.4) is 0 Å². The zero-order chi connectivity index (χ0) is 15.5. The highest BCUT2D eigenvalue weighted by Crippen LogP contribution is 2.26. The molecule has 1 N–H and O–H groups in total. The molecule has 120 valence electrons. The zero-order valence-corrected chi connectivity index (χ0v) is 13.5. The van der Waals surface area contributed by atoms with E-state index in [1.54, 1.807) is 0 Å². The molecule has 3 rings (SSSR count). The topological polar surface area (TPSA) is 41.6 Å². The summed E-state index contributed by atoms with van der Waals surface area (Å²) >= 11 is 0. The van der Waals surface area contributed by atoms with Crippen molar-refractivity contribution in [1.29, 1.82) is 0 Å². The van der Waals surface area contributed by atoms with E-state index in [9.17, 15) is 4.79 Å². The Hall–Kier alpha value is -1.71. The van der Waals surface area contributed by atoms with Crippen LogP contribution in [0.1, 0.15) is 25.8 Å². The number of nitrogens with zero attached hydrogens (tertiary/aromatic N) is 1. The van der Waals surface area contributed by atoms with E-state index in [0.29, 0.717) is 30.9 Å². The fourth-order valence-corrected chi connectivity index (χ4v) is 3.69. The van der Waals surface area contributed by atoms with Gasteiger partial charge in [-0.2, -0.15) is 0 Å². The van der Waals surface area contributed by atoms with E-state index in [-0.39, 0.29) is 6.03 Å². The van der Waals surface area contributed by atoms with Crippen molar-refractivity contribution in [3.63, 3.8) is 0 Å². The molecule has 2 heterocycles. The largest absolute Gasteiger partial charge is 0.493 e. The Morgan fingerprint density at radius 1 is 1.27 bits per heavy atom. The van der Waals surface area contributed by atoms with Crippen LogP contribution in [0.2, 0.25) is 0 Å². The summed E-state index contributed by atoms with van der Waals surface area (Å²) in [6.45, 7) is 7.57. The van der Waals surface area contributed by atoms with E-state index in [0.717, 1.165) is 25.3 Å². The first-order chi connectivity index (χ1) is 10.6. The summed E-state index contributed by atoms with van der Waals surface area (Å²) in [5, 5.41) is 3.10. The van der Waals surface area contributed by atoms with E-state index in [2.05, 4.69) is 25.2 Å². The molecule has 0 bridgehead atoms. The normalized spacial score (nSPS) is 27.7. The van der Waals surface area contributed by atoms with Crippen LogP contribution in [0.15, 0.2) is 24.3 Å². The van der Waals surface area contributed by atoms with E-state index < -0.39 is 0 Å². The Balaban J connectivity index is 1.50. The molecule has 2 aliphatic heterocycles. The molecule has 1 aromatic carbocycles. The van der Waals surface area contributed by atoms with Crippen molar-refractivity contribution in [3.05, 3.63) is 29.8 Å². The van der Waals surface area contributed by atoms with Gasteiger partial charge in [0.15, 0.2) is 0 Å². The third kappa shape index (κ3) is 3.54. The lowest BCUT2D eigenvalue weighted by Crippen LogP contribution is -2.49. The maximum absolute atomic E-state index is 12.4. The minimum atomic E-state index is 0.0808. The molecule has 0 radical (unpaired) electrons. The number of benzene rings is 1. The Bertz CT molecular complexity index is 522. The van der Waals surface area contributed by atoms with Crippen LogP contribution in [0.5, 0.6) is 5.75 Å². The molecule has 2 aliphatic rings. The van der Waals surface area contributed by atoms with Gasteiger partial charge in [-0.15, -0.1) is 0 Å². The van der Waals surface area contributed by atoms with Crippen LogP contribution in [0.25, 0.3) is 0 Å². The first kappa shape index (κ1) is 15.2. The molecule has 1 aromatic rings. The summed E-state index contributed by atoms with van der Waals surface area (Å²) in [6, 6.07) is 8.24. The average molecular weight is 302 g/mol. The fraction of sp³-hybridized carbons (Fsp3) is 0.611. The van der Waals surface area contributed by atoms with Crippen molar-refractivity contribution in [2.75, 3.05) is 26.2 Å². The molecule has 0 aliphatic carbocycles. The second-order valence-corrected chi connectivity index (χ2v) is 7.03. The number of para-hydroxylation sites is 1. The van der Waals surface area contributed by atoms with Gasteiger partial charge in [-0.1, -0.05) is 32.0 Å². The molecular weight excluding hydrogens is 276 g/mol. The fourth-order valence-electron chi connectivity index (χ4n) is 3.69. The lowest BCUT2D eigenvalue weighted by molar-refractivity contribution is 0.142. The zero-order valence-electron chi connectivity index (χ0n) is 13.5. The van der Waals surface area contributed by atoms with Crippen molar-refractivity contribution >= 4 is 6.03 Å². The van der Waals surface area contributed by atoms with Crippen molar-refractivity contribution in [1.82, 2.24) is 10.2 Å². The number of rotatable bonds is 2. The molecule has 1 saturated heterocycles. The third-order valence-electron chi connectivity index (χ3n) is 4.65. The average Bonchev–Trinajstić information content (AvgIpc) is 2.51. The number of fused-ring (bicyclic) bond motifs is 1. The number of ether oxygens (including phenoxy) is 1. The molecule has 0 aromatic heterocycles. The number of carbonyl (C=O) groups excluding carboxylic acids is 1. The molecule has 4 nitrogen and oxygen atoms in total. The minimum Gasteiger partial charge on any atom is -0.493 e. The summed E-state index contributed by atoms with van der Waals surface area (Å²) < 4.78 is 5.78. The van der Waals surface area contributed by atoms with Gasteiger partial charge in [-0.3, -0.25) is 0 Å². The number of hydrogen-bond acceptors (Lipinski definition) is 2. The maximum atomic E-state index is 12.4. The van der Waals surface area contributed by atoms with Crippen molar-refractivity contribution in [2.24, 2.45) is 17.8 Å². The summed E-state index contributed by atoms with van der Waals surface area (Å²) in [5.74, 6) is 2.54. The van der Waals surface area contributed by atoms with Gasteiger partial charge < -0.3 is 15.0 Å². The van der Waals surface area contributed by atoms with E-state index in [1.165, 1.54) is 12.0 Å². The predicted molar refractivity (Wildman–Crippen MR) is 87.0 cm³/mol. The summed E-state index contributed by atoms with van der Waals surface area (Å²) in [5.41, 5.74) is 1.24. The molecule has 3 unspecified atom stereocenters. The molecule has 0 spiro atoms. The summed E-state index contributed by atoms with van der Waals surface area (Å²) in [6.07, 6.45) is 2.19. The maximum Gasteiger partial charge on any atom is 0.317 e. The minimum absolute atomic E-state index is 0.0808. The van der Waals surface area contributed by atoms with Crippen molar-refractivity contribution < 1.29 is 9.53 Å². The Kier molecular flexibility index (Phi) is 4.55. The molecule has 3 atom stereocenters. The van der Waals surface area contributed by atoms with E-state index >= 15 is 0 Å². The number of amides is 2. The van der Waals surface area contributed by atoms with Crippen LogP contribution < -0.4 is 10.1 Å². The van der Waals surface area contributed by atoms with Gasteiger partial charge in [0, 0.05) is 25.6 Å². The number of hydrogen-bond donors (Lipinski definition) is 1. The van der Waals surface area contributed by atoms with Crippen molar-refractivity contribution in [2.45, 2.75) is 26.7 Å². The number of urea groups is 1. The highest BCUT2D eigenvalue weighted by atomic mass is 16.5. The third-order valence-corrected chi connectivity index (χ3v) is 4.65. The molecule has 0 saturated carbocycles. The molecule has 1 fully saturated rings. The van der Waals surface area contributed by atoms with Gasteiger partial charge in [-0.05, 0) is 36.3 Å². The highest BCUT2D eigenvalue weighted by Gasteiger charge is 2.26. The lowest BCUT2D eigenvalue weighted by atomic mass is 9.92. The molecule has 22 heavy (non-hydrogen) atoms. The van der Waals surface area contributed by atoms with Crippen LogP contribution in [0.4, 0.5) is 4.79 Å². The predicted octanol–water partition coefficient (Wildman–Crippen LogP) is 2.93. The summed E-state index contributed by atoms with van der Waals surface area (Å²) in [7, 11) is 0. The number of likely N-dealkylation sites (tertiary alicyclic amines) is 1. The van der Waals surface area contributed by atoms with Crippen molar-refractivity contribution in [3.8, 4) is 5.75 Å². The molecule has 4 heteroatoms. The smallest absolute Gasteiger partial charge is 0.317 e. The van der Waals surface area contributed by atoms with Crippen LogP contribution in [0, 0.1) is 17.8 Å². The van der Waals surface area contributed by atoms with Gasteiger partial charge in [0.05, 0.1) is 6.61 Å². The Morgan fingerprint density at radius 2 is 2.00 bits per heavy atom. The van der Waals surface area contributed by atoms with Crippen LogP contribution in [-0.4, -0.2) is 37.2 Å². The first-order valence-electron chi connectivity index (χ1n) is 8.35. The lowest BCUT2D eigenvalue weighted by Gasteiger charge is -2.35. The summed E-state index contributed by atoms with van der Waals surface area (Å²) in [4.78, 5) is 14.3. The molecular formula is C18H26N2O2. The van der Waals surface area contributed by atoms with Gasteiger partial charge in [0.2, 0.25) is 0 Å². The standard InChI is InChI=1S/C18H26N2O2/c1-13-7-14(2)11-20(10-13)18(21)19-9-15-8-16-5-3-4-6-17(16)22-12-15/h3-6,13-15H,7-12H2,1-2H3,(H,19,21). The Morgan fingerprint density at radius 3 is 2.77 bits per heavy atom. The second kappa shape index (κ2) is 6.59. The monoisotopic (exact) mass is 302 g/mol. The SMILES string of the molecule is CC1CC(C)CN(C(=O)NCC2COc3ccccc3C2)C1. The van der Waals surface area contributed by atoms with E-state index in [4.69, 9.17) is 4.74 Å². The van der Waals surface area contributed by atoms with Gasteiger partial charge in [-0.25, -0.2) is 4.79 Å². The quantitative estimate of drug-likeness (QED) is 0.912. The first-order valence-corrected chi connectivity index (χ1v) is 8.35. The van der Waals surface area contributed by atoms with Gasteiger partial charge >= 0.3 is 6.03 Å². The van der Waals surface area contributed by atoms with Crippen LogP contribution in [-0.2, 0) is 6.42 Å². The highest BCUT2D eigenvalue weighted by molar-refractivity contribution is 5.74. The second-order valence-electron chi connectivity index (χ2n) is 7.03.